The third-order valence-electron chi connectivity index (χ3n) is 5.81. The first-order valence-electron chi connectivity index (χ1n) is 12.7. The van der Waals surface area contributed by atoms with Crippen molar-refractivity contribution in [2.24, 2.45) is 0 Å². The number of piperazine rings is 1. The van der Waals surface area contributed by atoms with Crippen molar-refractivity contribution in [1.29, 1.82) is 0 Å². The van der Waals surface area contributed by atoms with Gasteiger partial charge in [0.15, 0.2) is 5.82 Å². The van der Waals surface area contributed by atoms with Crippen LogP contribution in [0.3, 0.4) is 0 Å². The molecule has 0 aliphatic carbocycles. The minimum Gasteiger partial charge on any atom is -0.489 e. The molecule has 0 radical (unpaired) electrons. The maximum atomic E-state index is 13.0. The van der Waals surface area contributed by atoms with Gasteiger partial charge in [-0.15, -0.1) is 10.2 Å². The Bertz CT molecular complexity index is 1270. The number of carbonyl (C=O) groups is 1. The highest BCUT2D eigenvalue weighted by Gasteiger charge is 2.26. The Hall–Kier alpha value is -3.37. The number of ether oxygens (including phenoxy) is 1. The third kappa shape index (κ3) is 6.86. The monoisotopic (exact) mass is 517 g/mol. The van der Waals surface area contributed by atoms with Gasteiger partial charge < -0.3 is 9.64 Å². The van der Waals surface area contributed by atoms with Gasteiger partial charge in [-0.1, -0.05) is 17.7 Å². The van der Waals surface area contributed by atoms with Gasteiger partial charge in [-0.25, -0.2) is 4.39 Å². The van der Waals surface area contributed by atoms with E-state index < -0.39 is 13.2 Å². The Labute approximate surface area is 217 Å². The molecule has 2 aromatic heterocycles. The normalized spacial score (nSPS) is 19.1. The number of rotatable bonds is 9. The molecule has 0 spiro atoms. The van der Waals surface area contributed by atoms with Crippen molar-refractivity contribution in [2.75, 3.05) is 32.9 Å². The van der Waals surface area contributed by atoms with Gasteiger partial charge in [-0.05, 0) is 60.5 Å². The average molecular weight is 518 g/mol. The Morgan fingerprint density at radius 3 is 2.86 bits per heavy atom. The van der Waals surface area contributed by atoms with Gasteiger partial charge in [0.1, 0.15) is 19.0 Å². The van der Waals surface area contributed by atoms with E-state index in [1.165, 1.54) is 11.0 Å². The van der Waals surface area contributed by atoms with Gasteiger partial charge in [0.05, 0.1) is 21.2 Å². The van der Waals surface area contributed by atoms with E-state index in [-0.39, 0.29) is 17.7 Å². The molecule has 0 N–H and O–H groups in total. The molecule has 3 atom stereocenters. The lowest BCUT2D eigenvalue weighted by molar-refractivity contribution is -0.130. The van der Waals surface area contributed by atoms with Crippen LogP contribution >= 0.6 is 11.6 Å². The molecular weight excluding hydrogens is 485 g/mol. The summed E-state index contributed by atoms with van der Waals surface area (Å²) in [4.78, 5) is 22.9. The first kappa shape index (κ1) is 23.1. The fourth-order valence-electron chi connectivity index (χ4n) is 4.09. The number of benzene rings is 1. The molecule has 11 heteroatoms. The summed E-state index contributed by atoms with van der Waals surface area (Å²) in [5.41, 5.74) is 2.52. The molecule has 1 saturated heterocycles. The van der Waals surface area contributed by atoms with Crippen LogP contribution < -0.4 is 4.74 Å². The molecule has 0 bridgehead atoms. The van der Waals surface area contributed by atoms with E-state index in [1.807, 2.05) is 24.0 Å². The lowest BCUT2D eigenvalue weighted by Crippen LogP contribution is -2.53. The van der Waals surface area contributed by atoms with Crippen molar-refractivity contribution in [2.45, 2.75) is 33.0 Å². The molecule has 36 heavy (non-hydrogen) atoms. The van der Waals surface area contributed by atoms with Crippen LogP contribution in [0, 0.1) is 6.92 Å². The van der Waals surface area contributed by atoms with E-state index in [4.69, 9.17) is 19.1 Å². The number of halogens is 2. The zero-order valence-corrected chi connectivity index (χ0v) is 20.8. The molecule has 4 rings (SSSR count). The summed E-state index contributed by atoms with van der Waals surface area (Å²) >= 11 is 6.19. The number of hydrogen-bond acceptors (Lipinski definition) is 7. The number of nitrogens with zero attached hydrogens (tertiary/aromatic N) is 7. The van der Waals surface area contributed by atoms with Gasteiger partial charge in [0.2, 0.25) is 5.91 Å². The zero-order valence-electron chi connectivity index (χ0n) is 22.1. The lowest BCUT2D eigenvalue weighted by atomic mass is 10.1. The SMILES string of the molecule is [3H]C(F)C([3H])Oc1ccc(CN2CCN(C(=O)/C=C/c3ccc(Cl)cc3Cn3nnc(C)n3)[C@H](C)C2)nc1. The second-order valence-corrected chi connectivity index (χ2v) is 8.96. The summed E-state index contributed by atoms with van der Waals surface area (Å²) in [6, 6.07) is 8.84. The molecule has 1 aliphatic rings. The maximum Gasteiger partial charge on any atom is 0.246 e. The van der Waals surface area contributed by atoms with Gasteiger partial charge in [-0.2, -0.15) is 4.80 Å². The Balaban J connectivity index is 1.33. The molecule has 2 unspecified atom stereocenters. The second-order valence-electron chi connectivity index (χ2n) is 8.52. The molecule has 1 amide bonds. The summed E-state index contributed by atoms with van der Waals surface area (Å²) in [6.07, 6.45) is 4.80. The van der Waals surface area contributed by atoms with Crippen LogP contribution in [-0.2, 0) is 17.9 Å². The summed E-state index contributed by atoms with van der Waals surface area (Å²) in [5.74, 6) is 0.752. The van der Waals surface area contributed by atoms with Crippen molar-refractivity contribution in [3.05, 3.63) is 70.3 Å². The second kappa shape index (κ2) is 12.0. The lowest BCUT2D eigenvalue weighted by Gasteiger charge is -2.39. The quantitative estimate of drug-likeness (QED) is 0.403. The number of aromatic nitrogens is 5. The van der Waals surface area contributed by atoms with E-state index in [1.54, 1.807) is 37.3 Å². The number of amides is 1. The molecule has 190 valence electrons. The van der Waals surface area contributed by atoms with Crippen LogP contribution in [0.15, 0.2) is 42.6 Å². The third-order valence-corrected chi connectivity index (χ3v) is 6.04. The van der Waals surface area contributed by atoms with Gasteiger partial charge >= 0.3 is 0 Å². The Morgan fingerprint density at radius 2 is 2.17 bits per heavy atom. The summed E-state index contributed by atoms with van der Waals surface area (Å²) < 4.78 is 32.1. The van der Waals surface area contributed by atoms with Crippen molar-refractivity contribution >= 4 is 23.6 Å². The first-order valence-corrected chi connectivity index (χ1v) is 11.9. The molecule has 1 fully saturated rings. The Kier molecular flexibility index (Phi) is 7.72. The van der Waals surface area contributed by atoms with Crippen LogP contribution in [0.25, 0.3) is 6.08 Å². The molecule has 3 aromatic rings. The fraction of sp³-hybridized carbons (Fsp3) is 0.400. The number of alkyl halides is 1. The van der Waals surface area contributed by atoms with Crippen LogP contribution in [0.5, 0.6) is 5.75 Å². The number of pyridine rings is 1. The van der Waals surface area contributed by atoms with E-state index in [0.717, 1.165) is 16.8 Å². The molecule has 1 aromatic carbocycles. The van der Waals surface area contributed by atoms with Crippen molar-refractivity contribution in [3.8, 4) is 5.75 Å². The smallest absolute Gasteiger partial charge is 0.246 e. The summed E-state index contributed by atoms with van der Waals surface area (Å²) in [5, 5.41) is 12.7. The van der Waals surface area contributed by atoms with Crippen LogP contribution in [0.1, 0.15) is 32.3 Å². The Morgan fingerprint density at radius 1 is 1.31 bits per heavy atom. The van der Waals surface area contributed by atoms with E-state index in [9.17, 15) is 9.18 Å². The van der Waals surface area contributed by atoms with E-state index in [0.29, 0.717) is 43.6 Å². The molecule has 0 saturated carbocycles. The van der Waals surface area contributed by atoms with Gasteiger partial charge in [0.25, 0.3) is 0 Å². The highest BCUT2D eigenvalue weighted by Crippen LogP contribution is 2.20. The van der Waals surface area contributed by atoms with Crippen LogP contribution in [0.4, 0.5) is 4.39 Å². The average Bonchev–Trinajstić information content (AvgIpc) is 3.29. The molecule has 3 heterocycles. The van der Waals surface area contributed by atoms with Gasteiger partial charge in [0, 0.05) is 43.3 Å². The summed E-state index contributed by atoms with van der Waals surface area (Å²) in [7, 11) is 0. The topological polar surface area (TPSA) is 89.3 Å². The fourth-order valence-corrected chi connectivity index (χ4v) is 4.28. The van der Waals surface area contributed by atoms with Gasteiger partial charge in [-0.3, -0.25) is 14.7 Å². The standard InChI is InChI=1S/C25H29ClFN7O2/c1-18-15-32(17-23-6-7-24(14-28-23)36-12-9-27)10-11-33(18)25(35)8-4-20-3-5-22(26)13-21(20)16-34-30-19(2)29-31-34/h3-8,13-14,18H,9-12,15-17H2,1-2H3/b8-4+/t18-/m1/s1/i9T,12T/t9?,12?,18-. The van der Waals surface area contributed by atoms with Crippen molar-refractivity contribution in [1.82, 2.24) is 35.0 Å². The maximum absolute atomic E-state index is 13.0. The minimum atomic E-state index is -2.14. The zero-order chi connectivity index (χ0) is 27.2. The van der Waals surface area contributed by atoms with Crippen LogP contribution in [-0.4, -0.2) is 79.8 Å². The molecule has 1 aliphatic heterocycles. The first-order chi connectivity index (χ1) is 18.2. The van der Waals surface area contributed by atoms with Crippen molar-refractivity contribution in [3.63, 3.8) is 0 Å². The highest BCUT2D eigenvalue weighted by molar-refractivity contribution is 6.30. The number of carbonyl (C=O) groups excluding carboxylic acids is 1. The summed E-state index contributed by atoms with van der Waals surface area (Å²) in [6.45, 7) is 2.94. The van der Waals surface area contributed by atoms with E-state index in [2.05, 4.69) is 25.3 Å². The largest absolute Gasteiger partial charge is 0.489 e. The highest BCUT2D eigenvalue weighted by atomic mass is 35.5. The predicted octanol–water partition coefficient (Wildman–Crippen LogP) is 3.17. The number of aryl methyl sites for hydroxylation is 1. The van der Waals surface area contributed by atoms with Crippen LogP contribution in [0.2, 0.25) is 5.02 Å². The minimum absolute atomic E-state index is 0.00173. The predicted molar refractivity (Wildman–Crippen MR) is 134 cm³/mol. The molecule has 9 nitrogen and oxygen atoms in total. The number of tetrazole rings is 1. The van der Waals surface area contributed by atoms with E-state index >= 15 is 0 Å². The van der Waals surface area contributed by atoms with Crippen molar-refractivity contribution < 1.29 is 16.7 Å². The number of hydrogen-bond donors (Lipinski definition) is 0. The molecular formula is C25H29ClFN7O2.